The number of ether oxygens (including phenoxy) is 1. The van der Waals surface area contributed by atoms with Crippen LogP contribution in [-0.2, 0) is 9.53 Å². The molecule has 0 atom stereocenters. The van der Waals surface area contributed by atoms with Crippen LogP contribution in [0.25, 0.3) is 0 Å². The van der Waals surface area contributed by atoms with Gasteiger partial charge in [0.05, 0.1) is 12.0 Å². The number of hydrogen-bond donors (Lipinski definition) is 1. The van der Waals surface area contributed by atoms with Crippen LogP contribution in [0.4, 0.5) is 11.4 Å². The van der Waals surface area contributed by atoms with Gasteiger partial charge in [-0.15, -0.1) is 0 Å². The normalized spacial score (nSPS) is 9.00. The number of nitro groups is 1. The number of anilines is 1. The van der Waals surface area contributed by atoms with Gasteiger partial charge >= 0.3 is 5.97 Å². The molecule has 0 bridgehead atoms. The van der Waals surface area contributed by atoms with Gasteiger partial charge in [0.15, 0.2) is 0 Å². The number of nitrogen functional groups attached to an aromatic ring is 1. The summed E-state index contributed by atoms with van der Waals surface area (Å²) in [5.41, 5.74) is 5.76. The molecule has 0 fully saturated rings. The number of carbonyl (C=O) groups excluding carboxylic acids is 1. The molecular formula is C11H10N2O4. The molecule has 6 heteroatoms. The van der Waals surface area contributed by atoms with Gasteiger partial charge in [-0.3, -0.25) is 14.9 Å². The molecule has 0 unspecified atom stereocenters. The first-order chi connectivity index (χ1) is 8.04. The summed E-state index contributed by atoms with van der Waals surface area (Å²) < 4.78 is 4.39. The summed E-state index contributed by atoms with van der Waals surface area (Å²) in [7, 11) is 1.25. The highest BCUT2D eigenvalue weighted by molar-refractivity contribution is 5.72. The molecule has 6 nitrogen and oxygen atoms in total. The third kappa shape index (κ3) is 3.50. The molecule has 2 N–H and O–H groups in total. The fourth-order valence-electron chi connectivity index (χ4n) is 1.09. The Hall–Kier alpha value is -2.55. The molecule has 1 aromatic carbocycles. The zero-order valence-corrected chi connectivity index (χ0v) is 9.10. The van der Waals surface area contributed by atoms with Gasteiger partial charge in [0, 0.05) is 11.8 Å². The van der Waals surface area contributed by atoms with Gasteiger partial charge in [0.25, 0.3) is 5.69 Å². The maximum absolute atomic E-state index is 10.8. The Morgan fingerprint density at radius 2 is 2.29 bits per heavy atom. The van der Waals surface area contributed by atoms with Crippen molar-refractivity contribution in [3.05, 3.63) is 33.9 Å². The number of benzene rings is 1. The third-order valence-corrected chi connectivity index (χ3v) is 1.90. The van der Waals surface area contributed by atoms with Crippen molar-refractivity contribution in [3.8, 4) is 11.8 Å². The van der Waals surface area contributed by atoms with Gasteiger partial charge in [-0.2, -0.15) is 0 Å². The van der Waals surface area contributed by atoms with E-state index < -0.39 is 10.9 Å². The van der Waals surface area contributed by atoms with Crippen molar-refractivity contribution in [2.75, 3.05) is 12.8 Å². The average molecular weight is 234 g/mol. The van der Waals surface area contributed by atoms with Crippen molar-refractivity contribution in [1.82, 2.24) is 0 Å². The second kappa shape index (κ2) is 5.51. The van der Waals surface area contributed by atoms with Gasteiger partial charge in [-0.1, -0.05) is 11.8 Å². The van der Waals surface area contributed by atoms with Crippen LogP contribution in [0, 0.1) is 22.0 Å². The minimum Gasteiger partial charge on any atom is -0.468 e. The second-order valence-corrected chi connectivity index (χ2v) is 3.09. The average Bonchev–Trinajstić information content (AvgIpc) is 2.30. The van der Waals surface area contributed by atoms with Gasteiger partial charge in [0.2, 0.25) is 0 Å². The number of hydrogen-bond acceptors (Lipinski definition) is 5. The molecule has 1 rings (SSSR count). The summed E-state index contributed by atoms with van der Waals surface area (Å²) in [6, 6.07) is 4.18. The smallest absolute Gasteiger partial charge is 0.317 e. The number of esters is 1. The molecule has 1 aromatic rings. The number of carbonyl (C=O) groups is 1. The SMILES string of the molecule is COC(=O)CC#Cc1ccc(N)cc1[N+](=O)[O-]. The van der Waals surface area contributed by atoms with Crippen molar-refractivity contribution in [3.63, 3.8) is 0 Å². The van der Waals surface area contributed by atoms with Crippen LogP contribution in [0.5, 0.6) is 0 Å². The van der Waals surface area contributed by atoms with Crippen LogP contribution < -0.4 is 5.73 Å². The van der Waals surface area contributed by atoms with Crippen molar-refractivity contribution in [2.24, 2.45) is 0 Å². The third-order valence-electron chi connectivity index (χ3n) is 1.90. The van der Waals surface area contributed by atoms with E-state index in [0.29, 0.717) is 0 Å². The van der Waals surface area contributed by atoms with E-state index in [1.807, 2.05) is 0 Å². The fourth-order valence-corrected chi connectivity index (χ4v) is 1.09. The molecule has 0 saturated carbocycles. The summed E-state index contributed by atoms with van der Waals surface area (Å²) in [6.07, 6.45) is -0.113. The lowest BCUT2D eigenvalue weighted by Crippen LogP contribution is -1.98. The molecule has 88 valence electrons. The monoisotopic (exact) mass is 234 g/mol. The molecule has 0 aliphatic rings. The molecular weight excluding hydrogens is 224 g/mol. The Balaban J connectivity index is 2.98. The van der Waals surface area contributed by atoms with E-state index in [2.05, 4.69) is 16.6 Å². The van der Waals surface area contributed by atoms with E-state index in [9.17, 15) is 14.9 Å². The molecule has 0 spiro atoms. The lowest BCUT2D eigenvalue weighted by molar-refractivity contribution is -0.385. The highest BCUT2D eigenvalue weighted by Crippen LogP contribution is 2.20. The summed E-state index contributed by atoms with van der Waals surface area (Å²) in [5, 5.41) is 10.7. The second-order valence-electron chi connectivity index (χ2n) is 3.09. The highest BCUT2D eigenvalue weighted by atomic mass is 16.6. The van der Waals surface area contributed by atoms with Gasteiger partial charge in [-0.25, -0.2) is 0 Å². The Kier molecular flexibility index (Phi) is 4.06. The van der Waals surface area contributed by atoms with Crippen molar-refractivity contribution < 1.29 is 14.5 Å². The zero-order chi connectivity index (χ0) is 12.8. The van der Waals surface area contributed by atoms with Gasteiger partial charge in [-0.05, 0) is 12.1 Å². The Labute approximate surface area is 97.5 Å². The summed E-state index contributed by atoms with van der Waals surface area (Å²) in [6.45, 7) is 0. The Morgan fingerprint density at radius 1 is 1.59 bits per heavy atom. The van der Waals surface area contributed by atoms with E-state index in [0.717, 1.165) is 0 Å². The molecule has 17 heavy (non-hydrogen) atoms. The minimum absolute atomic E-state index is 0.113. The molecule has 0 aliphatic carbocycles. The predicted octanol–water partition coefficient (Wildman–Crippen LogP) is 1.09. The zero-order valence-electron chi connectivity index (χ0n) is 9.10. The number of nitrogens with zero attached hydrogens (tertiary/aromatic N) is 1. The number of rotatable bonds is 2. The highest BCUT2D eigenvalue weighted by Gasteiger charge is 2.11. The van der Waals surface area contributed by atoms with Crippen LogP contribution in [0.2, 0.25) is 0 Å². The number of nitro benzene ring substituents is 1. The van der Waals surface area contributed by atoms with Crippen LogP contribution in [0.1, 0.15) is 12.0 Å². The molecule has 0 amide bonds. The van der Waals surface area contributed by atoms with Crippen LogP contribution >= 0.6 is 0 Å². The maximum Gasteiger partial charge on any atom is 0.317 e. The number of nitrogens with two attached hydrogens (primary N) is 1. The topological polar surface area (TPSA) is 95.5 Å². The Morgan fingerprint density at radius 3 is 2.88 bits per heavy atom. The molecule has 0 aromatic heterocycles. The van der Waals surface area contributed by atoms with Crippen molar-refractivity contribution in [2.45, 2.75) is 6.42 Å². The van der Waals surface area contributed by atoms with E-state index in [-0.39, 0.29) is 23.4 Å². The fraction of sp³-hybridized carbons (Fsp3) is 0.182. The minimum atomic E-state index is -0.571. The van der Waals surface area contributed by atoms with Gasteiger partial charge < -0.3 is 10.5 Å². The van der Waals surface area contributed by atoms with Crippen LogP contribution in [0.15, 0.2) is 18.2 Å². The quantitative estimate of drug-likeness (QED) is 0.272. The van der Waals surface area contributed by atoms with Crippen LogP contribution in [0.3, 0.4) is 0 Å². The first kappa shape index (κ1) is 12.5. The molecule has 0 aliphatic heterocycles. The van der Waals surface area contributed by atoms with Gasteiger partial charge in [0.1, 0.15) is 12.0 Å². The summed E-state index contributed by atoms with van der Waals surface area (Å²) in [4.78, 5) is 20.9. The first-order valence-electron chi connectivity index (χ1n) is 4.64. The first-order valence-corrected chi connectivity index (χ1v) is 4.64. The molecule has 0 radical (unpaired) electrons. The predicted molar refractivity (Wildman–Crippen MR) is 61.0 cm³/mol. The largest absolute Gasteiger partial charge is 0.468 e. The van der Waals surface area contributed by atoms with E-state index >= 15 is 0 Å². The van der Waals surface area contributed by atoms with E-state index in [1.54, 1.807) is 0 Å². The van der Waals surface area contributed by atoms with E-state index in [1.165, 1.54) is 25.3 Å². The maximum atomic E-state index is 10.8. The standard InChI is InChI=1S/C11H10N2O4/c1-17-11(14)4-2-3-8-5-6-9(12)7-10(8)13(15)16/h5-7H,4,12H2,1H3. The summed E-state index contributed by atoms with van der Waals surface area (Å²) >= 11 is 0. The Bertz CT molecular complexity index is 514. The number of methoxy groups -OCH3 is 1. The van der Waals surface area contributed by atoms with E-state index in [4.69, 9.17) is 5.73 Å². The lowest BCUT2D eigenvalue weighted by atomic mass is 10.1. The van der Waals surface area contributed by atoms with Crippen molar-refractivity contribution >= 4 is 17.3 Å². The van der Waals surface area contributed by atoms with Crippen molar-refractivity contribution in [1.29, 1.82) is 0 Å². The lowest BCUT2D eigenvalue weighted by Gasteiger charge is -1.97. The summed E-state index contributed by atoms with van der Waals surface area (Å²) in [5.74, 6) is 4.55. The van der Waals surface area contributed by atoms with Crippen LogP contribution in [-0.4, -0.2) is 18.0 Å². The molecule has 0 heterocycles. The molecule has 0 saturated heterocycles.